The Kier molecular flexibility index (Phi) is 4.11. The Morgan fingerprint density at radius 1 is 1.28 bits per heavy atom. The van der Waals surface area contributed by atoms with Crippen molar-refractivity contribution in [3.8, 4) is 5.75 Å². The van der Waals surface area contributed by atoms with E-state index in [9.17, 15) is 4.79 Å². The monoisotopic (exact) mass is 352 g/mol. The number of nitrogens with zero attached hydrogens (tertiary/aromatic N) is 2. The molecule has 0 fully saturated rings. The Morgan fingerprint density at radius 3 is 2.92 bits per heavy atom. The molecule has 1 atom stereocenters. The Bertz CT molecular complexity index is 901. The number of rotatable bonds is 4. The molecule has 3 aromatic rings. The number of hydrazone groups is 1. The van der Waals surface area contributed by atoms with Crippen molar-refractivity contribution < 1.29 is 13.9 Å². The molecule has 0 spiro atoms. The van der Waals surface area contributed by atoms with Gasteiger partial charge < -0.3 is 9.15 Å². The van der Waals surface area contributed by atoms with Gasteiger partial charge in [-0.1, -0.05) is 12.1 Å². The number of ether oxygens (including phenoxy) is 1. The summed E-state index contributed by atoms with van der Waals surface area (Å²) in [6.07, 6.45) is 2.25. The Morgan fingerprint density at radius 2 is 2.20 bits per heavy atom. The van der Waals surface area contributed by atoms with Gasteiger partial charge in [0.15, 0.2) is 0 Å². The lowest BCUT2D eigenvalue weighted by molar-refractivity contribution is 0.0692. The van der Waals surface area contributed by atoms with Crippen LogP contribution in [0.1, 0.15) is 33.5 Å². The molecule has 3 heterocycles. The lowest BCUT2D eigenvalue weighted by Gasteiger charge is -2.20. The van der Waals surface area contributed by atoms with E-state index < -0.39 is 0 Å². The maximum absolute atomic E-state index is 13.1. The molecule has 0 radical (unpaired) electrons. The highest BCUT2D eigenvalue weighted by Gasteiger charge is 2.35. The summed E-state index contributed by atoms with van der Waals surface area (Å²) in [5.74, 6) is 1.19. The van der Waals surface area contributed by atoms with Crippen molar-refractivity contribution in [1.29, 1.82) is 0 Å². The van der Waals surface area contributed by atoms with E-state index in [-0.39, 0.29) is 11.9 Å². The molecule has 1 aliphatic rings. The minimum Gasteiger partial charge on any atom is -0.497 e. The molecule has 5 nitrogen and oxygen atoms in total. The van der Waals surface area contributed by atoms with Crippen molar-refractivity contribution in [3.05, 3.63) is 76.4 Å². The normalized spacial score (nSPS) is 16.8. The topological polar surface area (TPSA) is 55.0 Å². The summed E-state index contributed by atoms with van der Waals surface area (Å²) in [5, 5.41) is 8.13. The summed E-state index contributed by atoms with van der Waals surface area (Å²) >= 11 is 1.62. The molecule has 0 saturated carbocycles. The lowest BCUT2D eigenvalue weighted by Crippen LogP contribution is -2.26. The molecule has 6 heteroatoms. The number of furan rings is 1. The molecule has 1 aromatic carbocycles. The van der Waals surface area contributed by atoms with Gasteiger partial charge in [0.2, 0.25) is 0 Å². The number of carbonyl (C=O) groups is 1. The Balaban J connectivity index is 1.71. The van der Waals surface area contributed by atoms with Crippen LogP contribution in [0.5, 0.6) is 5.75 Å². The van der Waals surface area contributed by atoms with E-state index in [2.05, 4.69) is 5.10 Å². The first-order valence-electron chi connectivity index (χ1n) is 7.88. The second-order valence-corrected chi connectivity index (χ2v) is 6.59. The number of amides is 1. The number of thiophene rings is 1. The number of hydrogen-bond donors (Lipinski definition) is 0. The fraction of sp³-hybridized carbons (Fsp3) is 0.158. The zero-order valence-corrected chi connectivity index (χ0v) is 14.4. The summed E-state index contributed by atoms with van der Waals surface area (Å²) in [4.78, 5) is 14.1. The Hall–Kier alpha value is -2.86. The van der Waals surface area contributed by atoms with E-state index in [1.165, 1.54) is 5.01 Å². The summed E-state index contributed by atoms with van der Waals surface area (Å²) < 4.78 is 10.8. The quantitative estimate of drug-likeness (QED) is 0.702. The Labute approximate surface area is 149 Å². The highest BCUT2D eigenvalue weighted by molar-refractivity contribution is 7.12. The van der Waals surface area contributed by atoms with Crippen LogP contribution in [0.2, 0.25) is 0 Å². The number of benzene rings is 1. The predicted molar refractivity (Wildman–Crippen MR) is 96.1 cm³/mol. The van der Waals surface area contributed by atoms with Crippen molar-refractivity contribution in [1.82, 2.24) is 5.01 Å². The summed E-state index contributed by atoms with van der Waals surface area (Å²) in [6, 6.07) is 14.6. The van der Waals surface area contributed by atoms with Gasteiger partial charge in [-0.15, -0.1) is 11.3 Å². The largest absolute Gasteiger partial charge is 0.497 e. The molecule has 2 aromatic heterocycles. The van der Waals surface area contributed by atoms with Crippen LogP contribution in [0.4, 0.5) is 0 Å². The molecule has 0 N–H and O–H groups in total. The van der Waals surface area contributed by atoms with E-state index in [1.54, 1.807) is 42.9 Å². The molecular formula is C19H16N2O3S. The average molecular weight is 352 g/mol. The lowest BCUT2D eigenvalue weighted by atomic mass is 10.1. The summed E-state index contributed by atoms with van der Waals surface area (Å²) in [5.41, 5.74) is 1.43. The average Bonchev–Trinajstić information content (AvgIpc) is 3.41. The second kappa shape index (κ2) is 6.57. The van der Waals surface area contributed by atoms with Crippen LogP contribution in [-0.4, -0.2) is 23.7 Å². The van der Waals surface area contributed by atoms with Gasteiger partial charge in [0.1, 0.15) is 17.6 Å². The van der Waals surface area contributed by atoms with Crippen LogP contribution in [0.3, 0.4) is 0 Å². The molecule has 25 heavy (non-hydrogen) atoms. The third-order valence-corrected chi connectivity index (χ3v) is 5.03. The molecule has 0 aliphatic carbocycles. The zero-order chi connectivity index (χ0) is 17.2. The second-order valence-electron chi connectivity index (χ2n) is 5.64. The van der Waals surface area contributed by atoms with Gasteiger partial charge in [-0.3, -0.25) is 4.79 Å². The fourth-order valence-electron chi connectivity index (χ4n) is 2.88. The van der Waals surface area contributed by atoms with E-state index in [0.29, 0.717) is 17.7 Å². The third-order valence-electron chi connectivity index (χ3n) is 4.11. The van der Waals surface area contributed by atoms with E-state index in [0.717, 1.165) is 16.3 Å². The van der Waals surface area contributed by atoms with Gasteiger partial charge in [-0.25, -0.2) is 5.01 Å². The first kappa shape index (κ1) is 15.7. The van der Waals surface area contributed by atoms with Crippen molar-refractivity contribution >= 4 is 23.0 Å². The first-order valence-corrected chi connectivity index (χ1v) is 8.76. The zero-order valence-electron chi connectivity index (χ0n) is 13.6. The molecule has 1 amide bonds. The maximum Gasteiger partial charge on any atom is 0.274 e. The van der Waals surface area contributed by atoms with Crippen LogP contribution in [0.25, 0.3) is 0 Å². The number of carbonyl (C=O) groups excluding carboxylic acids is 1. The molecule has 1 aliphatic heterocycles. The molecule has 0 unspecified atom stereocenters. The van der Waals surface area contributed by atoms with Gasteiger partial charge in [0, 0.05) is 12.0 Å². The standard InChI is InChI=1S/C19H16N2O3S/c1-23-14-6-2-5-13(11-14)19(22)21-16(17-7-3-9-24-17)12-15(20-21)18-8-4-10-25-18/h2-11,16H,12H2,1H3/t16-/m0/s1. The van der Waals surface area contributed by atoms with E-state index >= 15 is 0 Å². The number of methoxy groups -OCH3 is 1. The molecule has 0 saturated heterocycles. The first-order chi connectivity index (χ1) is 12.3. The minimum absolute atomic E-state index is 0.174. The molecule has 126 valence electrons. The van der Waals surface area contributed by atoms with Crippen LogP contribution >= 0.6 is 11.3 Å². The molecular weight excluding hydrogens is 336 g/mol. The SMILES string of the molecule is COc1cccc(C(=O)N2N=C(c3cccs3)C[C@H]2c2ccco2)c1. The minimum atomic E-state index is -0.245. The third kappa shape index (κ3) is 2.96. The molecule has 0 bridgehead atoms. The van der Waals surface area contributed by atoms with E-state index in [1.807, 2.05) is 35.7 Å². The van der Waals surface area contributed by atoms with Crippen LogP contribution in [-0.2, 0) is 0 Å². The van der Waals surface area contributed by atoms with Gasteiger partial charge >= 0.3 is 0 Å². The summed E-state index contributed by atoms with van der Waals surface area (Å²) in [6.45, 7) is 0. The van der Waals surface area contributed by atoms with Crippen molar-refractivity contribution in [2.75, 3.05) is 7.11 Å². The van der Waals surface area contributed by atoms with E-state index in [4.69, 9.17) is 9.15 Å². The highest BCUT2D eigenvalue weighted by atomic mass is 32.1. The van der Waals surface area contributed by atoms with Gasteiger partial charge in [0.25, 0.3) is 5.91 Å². The predicted octanol–water partition coefficient (Wildman–Crippen LogP) is 4.34. The molecule has 4 rings (SSSR count). The smallest absolute Gasteiger partial charge is 0.274 e. The van der Waals surface area contributed by atoms with Crippen molar-refractivity contribution in [2.45, 2.75) is 12.5 Å². The maximum atomic E-state index is 13.1. The van der Waals surface area contributed by atoms with Gasteiger partial charge in [0.05, 0.1) is 24.0 Å². The van der Waals surface area contributed by atoms with Gasteiger partial charge in [-0.05, 0) is 41.8 Å². The van der Waals surface area contributed by atoms with Crippen molar-refractivity contribution in [3.63, 3.8) is 0 Å². The number of hydrogen-bond acceptors (Lipinski definition) is 5. The van der Waals surface area contributed by atoms with Crippen LogP contribution in [0.15, 0.2) is 69.7 Å². The van der Waals surface area contributed by atoms with Crippen LogP contribution < -0.4 is 4.74 Å². The fourth-order valence-corrected chi connectivity index (χ4v) is 3.60. The summed E-state index contributed by atoms with van der Waals surface area (Å²) in [7, 11) is 1.58. The van der Waals surface area contributed by atoms with Gasteiger partial charge in [-0.2, -0.15) is 5.10 Å². The highest BCUT2D eigenvalue weighted by Crippen LogP contribution is 2.35. The van der Waals surface area contributed by atoms with Crippen LogP contribution in [0, 0.1) is 0 Å². The van der Waals surface area contributed by atoms with Crippen molar-refractivity contribution in [2.24, 2.45) is 5.10 Å².